The number of fused-ring (bicyclic) bond motifs is 2. The second-order valence-electron chi connectivity index (χ2n) is 6.43. The summed E-state index contributed by atoms with van der Waals surface area (Å²) < 4.78 is 15.4. The van der Waals surface area contributed by atoms with E-state index in [1.807, 2.05) is 36.4 Å². The number of carbonyl (C=O) groups is 1. The Hall–Kier alpha value is -3.25. The van der Waals surface area contributed by atoms with Gasteiger partial charge in [-0.15, -0.1) is 0 Å². The molecule has 3 aromatic carbocycles. The van der Waals surface area contributed by atoms with Gasteiger partial charge in [0, 0.05) is 23.0 Å². The predicted octanol–water partition coefficient (Wildman–Crippen LogP) is 3.61. The first kappa shape index (κ1) is 18.1. The van der Waals surface area contributed by atoms with E-state index in [2.05, 4.69) is 6.58 Å². The molecule has 0 N–H and O–H groups in total. The van der Waals surface area contributed by atoms with E-state index in [4.69, 9.17) is 26.4 Å². The van der Waals surface area contributed by atoms with E-state index >= 15 is 0 Å². The predicted molar refractivity (Wildman–Crippen MR) is 111 cm³/mol. The van der Waals surface area contributed by atoms with Gasteiger partial charge in [0.1, 0.15) is 13.2 Å². The van der Waals surface area contributed by atoms with Crippen LogP contribution in [-0.4, -0.2) is 30.5 Å². The first-order valence-electron chi connectivity index (χ1n) is 8.68. The zero-order valence-electron chi connectivity index (χ0n) is 14.8. The summed E-state index contributed by atoms with van der Waals surface area (Å²) >= 11 is 4.77. The average molecular weight is 392 g/mol. The van der Waals surface area contributed by atoms with Crippen LogP contribution in [0.4, 0.5) is 0 Å². The molecule has 6 heteroatoms. The molecule has 5 nitrogen and oxygen atoms in total. The van der Waals surface area contributed by atoms with E-state index in [1.54, 1.807) is 18.2 Å². The van der Waals surface area contributed by atoms with Gasteiger partial charge in [0.2, 0.25) is 0 Å². The quantitative estimate of drug-likeness (QED) is 0.384. The standard InChI is InChI=1S/C22H16O5S/c1-13(21(24)25-11-17-12-26-22(28)27-17)15-8-9-19-16(10-15)7-6-14-4-2-3-5-18(14)20(19)23/h2-10,17H,1,11-12H2. The van der Waals surface area contributed by atoms with Gasteiger partial charge in [0.05, 0.1) is 5.57 Å². The minimum atomic E-state index is -0.561. The molecule has 0 amide bonds. The number of hydrogen-bond donors (Lipinski definition) is 0. The second-order valence-corrected chi connectivity index (χ2v) is 6.76. The molecule has 1 fully saturated rings. The van der Waals surface area contributed by atoms with Crippen molar-refractivity contribution < 1.29 is 19.0 Å². The fraction of sp³-hybridized carbons (Fsp3) is 0.136. The topological polar surface area (TPSA) is 61.8 Å². The van der Waals surface area contributed by atoms with Gasteiger partial charge in [-0.3, -0.25) is 4.79 Å². The molecule has 1 atom stereocenters. The van der Waals surface area contributed by atoms with Crippen LogP contribution in [0.3, 0.4) is 0 Å². The molecule has 0 aliphatic carbocycles. The molecule has 1 heterocycles. The molecule has 28 heavy (non-hydrogen) atoms. The molecule has 1 aliphatic heterocycles. The van der Waals surface area contributed by atoms with E-state index in [-0.39, 0.29) is 29.5 Å². The van der Waals surface area contributed by atoms with Crippen molar-refractivity contribution in [2.45, 2.75) is 6.10 Å². The Morgan fingerprint density at radius 3 is 2.64 bits per heavy atom. The van der Waals surface area contributed by atoms with Crippen LogP contribution in [-0.2, 0) is 19.0 Å². The molecule has 1 aliphatic rings. The van der Waals surface area contributed by atoms with Crippen LogP contribution in [0.5, 0.6) is 0 Å². The number of benzene rings is 2. The highest BCUT2D eigenvalue weighted by molar-refractivity contribution is 7.79. The third kappa shape index (κ3) is 3.46. The maximum atomic E-state index is 12.8. The molecule has 1 saturated heterocycles. The maximum absolute atomic E-state index is 12.8. The van der Waals surface area contributed by atoms with Crippen LogP contribution in [0, 0.1) is 0 Å². The van der Waals surface area contributed by atoms with Gasteiger partial charge in [-0.05, 0) is 28.5 Å². The smallest absolute Gasteiger partial charge is 0.352 e. The molecule has 0 aromatic heterocycles. The van der Waals surface area contributed by atoms with Crippen molar-refractivity contribution in [3.05, 3.63) is 77.0 Å². The van der Waals surface area contributed by atoms with Crippen molar-refractivity contribution in [2.24, 2.45) is 0 Å². The Kier molecular flexibility index (Phi) is 4.79. The van der Waals surface area contributed by atoms with Gasteiger partial charge in [0.15, 0.2) is 11.5 Å². The molecular formula is C22H16O5S. The normalized spacial score (nSPS) is 15.9. The lowest BCUT2D eigenvalue weighted by Gasteiger charge is -2.10. The van der Waals surface area contributed by atoms with Crippen LogP contribution in [0.1, 0.15) is 5.56 Å². The summed E-state index contributed by atoms with van der Waals surface area (Å²) in [4.78, 5) is 25.2. The Morgan fingerprint density at radius 1 is 1.11 bits per heavy atom. The second kappa shape index (κ2) is 7.40. The minimum Gasteiger partial charge on any atom is -0.458 e. The Balaban J connectivity index is 1.61. The summed E-state index contributed by atoms with van der Waals surface area (Å²) in [7, 11) is 0. The monoisotopic (exact) mass is 392 g/mol. The van der Waals surface area contributed by atoms with Crippen molar-refractivity contribution in [3.63, 3.8) is 0 Å². The molecule has 0 spiro atoms. The summed E-state index contributed by atoms with van der Waals surface area (Å²) in [6, 6.07) is 16.4. The number of esters is 1. The molecule has 4 rings (SSSR count). The fourth-order valence-corrected chi connectivity index (χ4v) is 3.29. The van der Waals surface area contributed by atoms with Crippen molar-refractivity contribution in [2.75, 3.05) is 13.2 Å². The zero-order valence-corrected chi connectivity index (χ0v) is 15.7. The molecule has 3 aromatic rings. The number of hydrogen-bond acceptors (Lipinski definition) is 6. The highest BCUT2D eigenvalue weighted by Gasteiger charge is 2.24. The van der Waals surface area contributed by atoms with Crippen LogP contribution in [0.25, 0.3) is 27.1 Å². The van der Waals surface area contributed by atoms with Crippen molar-refractivity contribution in [1.82, 2.24) is 0 Å². The molecule has 0 radical (unpaired) electrons. The SMILES string of the molecule is C=C(C(=O)OCC1COC(=S)O1)c1ccc2c(=O)c3ccccc3ccc2c1. The Morgan fingerprint density at radius 2 is 1.86 bits per heavy atom. The van der Waals surface area contributed by atoms with Gasteiger partial charge in [-0.2, -0.15) is 0 Å². The minimum absolute atomic E-state index is 0.0244. The molecular weight excluding hydrogens is 376 g/mol. The van der Waals surface area contributed by atoms with Gasteiger partial charge in [-0.25, -0.2) is 4.79 Å². The Labute approximate surface area is 166 Å². The molecule has 1 unspecified atom stereocenters. The van der Waals surface area contributed by atoms with Gasteiger partial charge >= 0.3 is 11.2 Å². The number of ether oxygens (including phenoxy) is 3. The first-order chi connectivity index (χ1) is 13.5. The largest absolute Gasteiger partial charge is 0.458 e. The number of thiocarbonyl (C=S) groups is 1. The average Bonchev–Trinajstić information content (AvgIpc) is 3.08. The number of rotatable bonds is 4. The van der Waals surface area contributed by atoms with E-state index in [1.165, 1.54) is 0 Å². The summed E-state index contributed by atoms with van der Waals surface area (Å²) in [6.45, 7) is 4.11. The van der Waals surface area contributed by atoms with E-state index in [0.717, 1.165) is 10.8 Å². The highest BCUT2D eigenvalue weighted by atomic mass is 32.1. The summed E-state index contributed by atoms with van der Waals surface area (Å²) in [5, 5.41) is 2.88. The van der Waals surface area contributed by atoms with Crippen molar-refractivity contribution >= 4 is 50.5 Å². The Bertz CT molecular complexity index is 1180. The third-order valence-corrected chi connectivity index (χ3v) is 4.80. The fourth-order valence-electron chi connectivity index (χ4n) is 3.09. The lowest BCUT2D eigenvalue weighted by Crippen LogP contribution is -2.21. The van der Waals surface area contributed by atoms with Gasteiger partial charge < -0.3 is 14.2 Å². The first-order valence-corrected chi connectivity index (χ1v) is 9.09. The van der Waals surface area contributed by atoms with Crippen LogP contribution in [0.15, 0.2) is 66.0 Å². The van der Waals surface area contributed by atoms with Gasteiger partial charge in [0.25, 0.3) is 0 Å². The van der Waals surface area contributed by atoms with E-state index < -0.39 is 12.1 Å². The van der Waals surface area contributed by atoms with E-state index in [9.17, 15) is 9.59 Å². The van der Waals surface area contributed by atoms with Crippen LogP contribution >= 0.6 is 12.2 Å². The zero-order chi connectivity index (χ0) is 19.7. The summed E-state index contributed by atoms with van der Waals surface area (Å²) in [6.07, 6.45) is -0.407. The van der Waals surface area contributed by atoms with Crippen LogP contribution in [0.2, 0.25) is 0 Å². The molecule has 140 valence electrons. The summed E-state index contributed by atoms with van der Waals surface area (Å²) in [5.74, 6) is -0.561. The summed E-state index contributed by atoms with van der Waals surface area (Å²) in [5.41, 5.74) is 0.739. The van der Waals surface area contributed by atoms with Crippen LogP contribution < -0.4 is 5.43 Å². The third-order valence-electron chi connectivity index (χ3n) is 4.59. The lowest BCUT2D eigenvalue weighted by molar-refractivity contribution is -0.138. The molecule has 0 saturated carbocycles. The highest BCUT2D eigenvalue weighted by Crippen LogP contribution is 2.21. The van der Waals surface area contributed by atoms with Gasteiger partial charge in [-0.1, -0.05) is 49.0 Å². The van der Waals surface area contributed by atoms with E-state index in [0.29, 0.717) is 16.3 Å². The molecule has 0 bridgehead atoms. The van der Waals surface area contributed by atoms with Crippen molar-refractivity contribution in [3.8, 4) is 0 Å². The lowest BCUT2D eigenvalue weighted by atomic mass is 10.0. The van der Waals surface area contributed by atoms with Crippen molar-refractivity contribution in [1.29, 1.82) is 0 Å². The maximum Gasteiger partial charge on any atom is 0.352 e. The number of carbonyl (C=O) groups excluding carboxylic acids is 1.